The van der Waals surface area contributed by atoms with Crippen molar-refractivity contribution in [1.82, 2.24) is 0 Å². The molecule has 1 saturated heterocycles. The first-order valence-electron chi connectivity index (χ1n) is 10.7. The molecule has 154 valence electrons. The topological polar surface area (TPSA) is 54.0 Å². The van der Waals surface area contributed by atoms with Crippen molar-refractivity contribution in [2.45, 2.75) is 108 Å². The van der Waals surface area contributed by atoms with E-state index in [1.807, 2.05) is 20.8 Å². The molecule has 3 aliphatic rings. The summed E-state index contributed by atoms with van der Waals surface area (Å²) in [6.07, 6.45) is 9.47. The Bertz CT molecular complexity index is 485. The highest BCUT2D eigenvalue weighted by atomic mass is 16.7. The number of carbonyl (C=O) groups excluding carboxylic acids is 1. The molecule has 0 N–H and O–H groups in total. The molecule has 0 aromatic carbocycles. The number of Topliss-reactive ketones (excluding diaryl/α,β-unsaturated/α-hetero) is 1. The smallest absolute Gasteiger partial charge is 0.403 e. The summed E-state index contributed by atoms with van der Waals surface area (Å²) in [5.41, 5.74) is -0.904. The van der Waals surface area contributed by atoms with E-state index in [0.717, 1.165) is 51.4 Å². The fraction of sp³-hybridized carbons (Fsp3) is 0.952. The van der Waals surface area contributed by atoms with E-state index in [0.29, 0.717) is 12.7 Å². The van der Waals surface area contributed by atoms with Crippen LogP contribution in [0.3, 0.4) is 0 Å². The summed E-state index contributed by atoms with van der Waals surface area (Å²) in [4.78, 5) is 12.4. The summed E-state index contributed by atoms with van der Waals surface area (Å²) < 4.78 is 25.1. The Morgan fingerprint density at radius 2 is 1.33 bits per heavy atom. The molecule has 0 radical (unpaired) electrons. The van der Waals surface area contributed by atoms with Crippen LogP contribution in [0.4, 0.5) is 0 Å². The van der Waals surface area contributed by atoms with Crippen LogP contribution in [0.15, 0.2) is 0 Å². The molecule has 6 heteroatoms. The van der Waals surface area contributed by atoms with Gasteiger partial charge >= 0.3 is 7.12 Å². The Morgan fingerprint density at radius 1 is 0.926 bits per heavy atom. The van der Waals surface area contributed by atoms with E-state index in [1.54, 1.807) is 14.2 Å². The second kappa shape index (κ2) is 8.13. The van der Waals surface area contributed by atoms with Crippen molar-refractivity contribution >= 4 is 12.9 Å². The number of ether oxygens (including phenoxy) is 2. The molecule has 0 amide bonds. The molecule has 0 aromatic rings. The van der Waals surface area contributed by atoms with Gasteiger partial charge in [0.25, 0.3) is 0 Å². The van der Waals surface area contributed by atoms with Crippen molar-refractivity contribution in [1.29, 1.82) is 0 Å². The molecule has 1 aliphatic heterocycles. The lowest BCUT2D eigenvalue weighted by Gasteiger charge is -2.43. The van der Waals surface area contributed by atoms with Gasteiger partial charge in [-0.15, -0.1) is 0 Å². The lowest BCUT2D eigenvalue weighted by Crippen LogP contribution is -2.56. The monoisotopic (exact) mass is 380 g/mol. The van der Waals surface area contributed by atoms with Gasteiger partial charge < -0.3 is 18.8 Å². The van der Waals surface area contributed by atoms with Gasteiger partial charge in [-0.25, -0.2) is 0 Å². The van der Waals surface area contributed by atoms with Crippen LogP contribution in [0, 0.1) is 5.41 Å². The number of carbonyl (C=O) groups is 1. The summed E-state index contributed by atoms with van der Waals surface area (Å²) >= 11 is 0. The Hall–Kier alpha value is -0.425. The zero-order valence-electron chi connectivity index (χ0n) is 17.8. The summed E-state index contributed by atoms with van der Waals surface area (Å²) in [6, 6.07) is 0. The van der Waals surface area contributed by atoms with Crippen molar-refractivity contribution < 1.29 is 23.6 Å². The highest BCUT2D eigenvalue weighted by Gasteiger charge is 2.60. The molecule has 5 nitrogen and oxygen atoms in total. The Kier molecular flexibility index (Phi) is 6.41. The number of hydrogen-bond acceptors (Lipinski definition) is 5. The van der Waals surface area contributed by atoms with Crippen LogP contribution in [-0.4, -0.2) is 50.5 Å². The van der Waals surface area contributed by atoms with Gasteiger partial charge in [0.1, 0.15) is 5.78 Å². The molecule has 2 aliphatic carbocycles. The van der Waals surface area contributed by atoms with Gasteiger partial charge in [-0.3, -0.25) is 4.79 Å². The average Bonchev–Trinajstić information content (AvgIpc) is 3.37. The summed E-state index contributed by atoms with van der Waals surface area (Å²) in [5.74, 6) is 0.249. The number of hydrogen-bond donors (Lipinski definition) is 0. The highest BCUT2D eigenvalue weighted by molar-refractivity contribution is 6.45. The van der Waals surface area contributed by atoms with Crippen LogP contribution in [0.2, 0.25) is 6.32 Å². The molecule has 0 bridgehead atoms. The zero-order valence-corrected chi connectivity index (χ0v) is 17.8. The molecule has 3 fully saturated rings. The third-order valence-corrected chi connectivity index (χ3v) is 7.07. The average molecular weight is 380 g/mol. The maximum absolute atomic E-state index is 12.4. The molecule has 0 unspecified atom stereocenters. The molecular formula is C21H37BO5. The van der Waals surface area contributed by atoms with E-state index < -0.39 is 0 Å². The van der Waals surface area contributed by atoms with E-state index in [4.69, 9.17) is 18.8 Å². The first-order valence-corrected chi connectivity index (χ1v) is 10.7. The minimum atomic E-state index is -0.355. The molecule has 0 aromatic heterocycles. The molecule has 27 heavy (non-hydrogen) atoms. The molecular weight excluding hydrogens is 343 g/mol. The molecule has 2 saturated carbocycles. The third kappa shape index (κ3) is 4.14. The van der Waals surface area contributed by atoms with E-state index in [9.17, 15) is 4.79 Å². The minimum Gasteiger partial charge on any atom is -0.403 e. The van der Waals surface area contributed by atoms with Gasteiger partial charge in [-0.05, 0) is 32.0 Å². The van der Waals surface area contributed by atoms with Crippen LogP contribution in [0.1, 0.15) is 78.6 Å². The van der Waals surface area contributed by atoms with Crippen LogP contribution < -0.4 is 0 Å². The van der Waals surface area contributed by atoms with Gasteiger partial charge in [0.15, 0.2) is 0 Å². The second-order valence-corrected chi connectivity index (χ2v) is 9.71. The van der Waals surface area contributed by atoms with E-state index in [1.165, 1.54) is 0 Å². The maximum Gasteiger partial charge on any atom is 0.458 e. The third-order valence-electron chi connectivity index (χ3n) is 7.07. The lowest BCUT2D eigenvalue weighted by molar-refractivity contribution is -0.153. The molecule has 3 rings (SSSR count). The normalized spacial score (nSPS) is 30.2. The number of ketones is 1. The number of rotatable bonds is 7. The largest absolute Gasteiger partial charge is 0.458 e. The predicted molar refractivity (Wildman–Crippen MR) is 106 cm³/mol. The van der Waals surface area contributed by atoms with Gasteiger partial charge in [0.2, 0.25) is 0 Å². The Balaban J connectivity index is 1.78. The fourth-order valence-corrected chi connectivity index (χ4v) is 5.22. The van der Waals surface area contributed by atoms with Crippen molar-refractivity contribution in [2.24, 2.45) is 5.41 Å². The quantitative estimate of drug-likeness (QED) is 0.620. The Morgan fingerprint density at radius 3 is 1.67 bits per heavy atom. The molecule has 1 heterocycles. The van der Waals surface area contributed by atoms with Gasteiger partial charge in [-0.2, -0.15) is 0 Å². The first kappa shape index (κ1) is 21.3. The summed E-state index contributed by atoms with van der Waals surface area (Å²) in [5, 5.41) is 0. The van der Waals surface area contributed by atoms with E-state index in [-0.39, 0.29) is 41.7 Å². The Labute approximate surface area is 165 Å². The fourth-order valence-electron chi connectivity index (χ4n) is 5.22. The standard InChI is InChI=1S/C21H37BO5/c1-19(2,3)16(23)10-15-22-26-17(20(24-4)11-6-7-12-20)18(27-22)21(25-5)13-8-9-14-21/h17-18H,6-15H2,1-5H3/t17-,18-/m1/s1. The van der Waals surface area contributed by atoms with Crippen LogP contribution in [0.5, 0.6) is 0 Å². The SMILES string of the molecule is COC1([C@@H]2OB(CCC(=O)C(C)(C)C)O[C@H]2C2(OC)CCCC2)CCCC1. The second-order valence-electron chi connectivity index (χ2n) is 9.71. The summed E-state index contributed by atoms with van der Waals surface area (Å²) in [6.45, 7) is 5.90. The van der Waals surface area contributed by atoms with E-state index >= 15 is 0 Å². The minimum absolute atomic E-state index is 0.127. The zero-order chi connectivity index (χ0) is 19.7. The summed E-state index contributed by atoms with van der Waals surface area (Å²) in [7, 11) is 3.25. The van der Waals surface area contributed by atoms with Gasteiger partial charge in [0.05, 0.1) is 23.4 Å². The molecule has 2 atom stereocenters. The van der Waals surface area contributed by atoms with Crippen LogP contribution in [-0.2, 0) is 23.6 Å². The van der Waals surface area contributed by atoms with Crippen molar-refractivity contribution in [3.05, 3.63) is 0 Å². The van der Waals surface area contributed by atoms with Crippen molar-refractivity contribution in [3.63, 3.8) is 0 Å². The van der Waals surface area contributed by atoms with Crippen molar-refractivity contribution in [2.75, 3.05) is 14.2 Å². The van der Waals surface area contributed by atoms with Gasteiger partial charge in [-0.1, -0.05) is 46.5 Å². The number of methoxy groups -OCH3 is 2. The van der Waals surface area contributed by atoms with E-state index in [2.05, 4.69) is 0 Å². The lowest BCUT2D eigenvalue weighted by atomic mass is 9.78. The molecule has 0 spiro atoms. The maximum atomic E-state index is 12.4. The first-order chi connectivity index (χ1) is 12.8. The predicted octanol–water partition coefficient (Wildman–Crippen LogP) is 4.18. The van der Waals surface area contributed by atoms with Crippen molar-refractivity contribution in [3.8, 4) is 0 Å². The van der Waals surface area contributed by atoms with Gasteiger partial charge in [0, 0.05) is 26.1 Å². The van der Waals surface area contributed by atoms with Crippen LogP contribution in [0.25, 0.3) is 0 Å². The van der Waals surface area contributed by atoms with Crippen LogP contribution >= 0.6 is 0 Å². The highest BCUT2D eigenvalue weighted by Crippen LogP contribution is 2.48.